The smallest absolute Gasteiger partial charge is 0.308 e. The Balaban J connectivity index is 1.94. The predicted molar refractivity (Wildman–Crippen MR) is 163 cm³/mol. The Kier molecular flexibility index (Phi) is 12.9. The molecule has 12 nitrogen and oxygen atoms in total. The maximum absolute atomic E-state index is 12.9. The van der Waals surface area contributed by atoms with Crippen molar-refractivity contribution in [1.82, 2.24) is 9.88 Å². The Bertz CT molecular complexity index is 1080. The number of H-pyrrole nitrogens is 1. The number of aromatic nitrogens is 1. The molecule has 1 aromatic heterocycles. The van der Waals surface area contributed by atoms with Gasteiger partial charge in [-0.2, -0.15) is 10.2 Å². The van der Waals surface area contributed by atoms with Gasteiger partial charge in [0.05, 0.1) is 41.7 Å². The first-order chi connectivity index (χ1) is 20.2. The van der Waals surface area contributed by atoms with Gasteiger partial charge in [-0.05, 0) is 79.1 Å². The highest BCUT2D eigenvalue weighted by Crippen LogP contribution is 2.30. The molecule has 0 aliphatic carbocycles. The monoisotopic (exact) mass is 608 g/mol. The first kappa shape index (κ1) is 35.3. The molecule has 2 fully saturated rings. The zero-order valence-electron chi connectivity index (χ0n) is 26.9. The molecule has 0 aromatic carbocycles. The maximum Gasteiger partial charge on any atom is 0.308 e. The van der Waals surface area contributed by atoms with Gasteiger partial charge >= 0.3 is 5.97 Å². The van der Waals surface area contributed by atoms with Crippen LogP contribution < -0.4 is 0 Å². The van der Waals surface area contributed by atoms with Gasteiger partial charge < -0.3 is 44.2 Å². The summed E-state index contributed by atoms with van der Waals surface area (Å²) in [5.74, 6) is -1.61. The van der Waals surface area contributed by atoms with Crippen LogP contribution in [0.2, 0.25) is 0 Å². The molecule has 2 saturated heterocycles. The van der Waals surface area contributed by atoms with Crippen molar-refractivity contribution in [3.05, 3.63) is 24.0 Å². The van der Waals surface area contributed by atoms with Crippen molar-refractivity contribution in [2.45, 2.75) is 115 Å². The first-order valence-corrected chi connectivity index (χ1v) is 15.2. The summed E-state index contributed by atoms with van der Waals surface area (Å²) in [6, 6.07) is 3.61. The molecule has 3 rings (SSSR count). The van der Waals surface area contributed by atoms with Crippen molar-refractivity contribution >= 4 is 17.4 Å². The second-order valence-corrected chi connectivity index (χ2v) is 12.6. The average Bonchev–Trinajstić information content (AvgIpc) is 3.51. The topological polar surface area (TPSA) is 158 Å². The lowest BCUT2D eigenvalue weighted by Crippen LogP contribution is -2.55. The van der Waals surface area contributed by atoms with Crippen LogP contribution >= 0.6 is 0 Å². The normalized spacial score (nSPS) is 38.6. The van der Waals surface area contributed by atoms with Gasteiger partial charge in [0.25, 0.3) is 0 Å². The molecule has 4 N–H and O–H groups in total. The maximum atomic E-state index is 12.9. The minimum Gasteiger partial charge on any atom is -0.462 e. The van der Waals surface area contributed by atoms with E-state index in [9.17, 15) is 20.1 Å². The number of methoxy groups -OCH3 is 1. The molecule has 43 heavy (non-hydrogen) atoms. The van der Waals surface area contributed by atoms with Crippen LogP contribution in [0.5, 0.6) is 0 Å². The van der Waals surface area contributed by atoms with Gasteiger partial charge in [-0.3, -0.25) is 4.79 Å². The third-order valence-electron chi connectivity index (χ3n) is 8.73. The van der Waals surface area contributed by atoms with Gasteiger partial charge in [0.2, 0.25) is 0 Å². The minimum absolute atomic E-state index is 0.121. The number of rotatable bonds is 6. The number of aromatic amines is 1. The number of aliphatic hydroxyl groups excluding tert-OH is 2. The van der Waals surface area contributed by atoms with E-state index in [0.717, 1.165) is 5.69 Å². The number of cyclic esters (lactones) is 1. The SMILES string of the molecule is COC1CC/C(=N\N=C(/C)c2ccc[nH]2)C(C)C(O)C(C)(O)COC(=O)C(C)CC[C@H]1OC1OC(C)CC(N(C)C)C1O. The molecule has 0 bridgehead atoms. The molecule has 10 atom stereocenters. The van der Waals surface area contributed by atoms with E-state index in [2.05, 4.69) is 15.2 Å². The number of hydrogen-bond donors (Lipinski definition) is 4. The number of carbonyl (C=O) groups is 1. The van der Waals surface area contributed by atoms with Crippen LogP contribution in [-0.2, 0) is 23.7 Å². The summed E-state index contributed by atoms with van der Waals surface area (Å²) in [6.07, 6.45) is 0.00709. The van der Waals surface area contributed by atoms with Gasteiger partial charge in [-0.25, -0.2) is 0 Å². The van der Waals surface area contributed by atoms with Gasteiger partial charge in [0, 0.05) is 31.0 Å². The zero-order chi connectivity index (χ0) is 31.9. The van der Waals surface area contributed by atoms with Crippen molar-refractivity contribution < 1.29 is 39.1 Å². The van der Waals surface area contributed by atoms with Gasteiger partial charge in [-0.15, -0.1) is 0 Å². The van der Waals surface area contributed by atoms with Crippen LogP contribution in [0.3, 0.4) is 0 Å². The Morgan fingerprint density at radius 1 is 1.16 bits per heavy atom. The van der Waals surface area contributed by atoms with Crippen molar-refractivity contribution in [2.75, 3.05) is 27.8 Å². The molecule has 2 aliphatic heterocycles. The van der Waals surface area contributed by atoms with E-state index in [1.807, 2.05) is 45.0 Å². The number of likely N-dealkylation sites (N-methyl/N-ethyl adjacent to an activating group) is 1. The standard InChI is InChI=1S/C31H52N4O8/c1-18-11-13-26(43-30-27(36)24(35(6)7)16-19(2)42-30)25(40-8)14-12-22(34-33-21(4)23-10-9-15-32-23)20(3)28(37)31(5,39)17-41-29(18)38/h9-10,15,18-20,24-28,30,32,36-37,39H,11-14,16-17H2,1-8H3/b33-21+,34-22+/t18?,19?,20?,24?,25?,26-,27?,28?,30?,31?/m1/s1. The van der Waals surface area contributed by atoms with Crippen LogP contribution in [0, 0.1) is 11.8 Å². The van der Waals surface area contributed by atoms with Crippen LogP contribution in [-0.4, -0.2) is 119 Å². The van der Waals surface area contributed by atoms with E-state index in [-0.39, 0.29) is 18.8 Å². The number of ether oxygens (including phenoxy) is 4. The lowest BCUT2D eigenvalue weighted by molar-refractivity contribution is -0.279. The molecule has 0 radical (unpaired) electrons. The molecule has 0 saturated carbocycles. The van der Waals surface area contributed by atoms with Crippen molar-refractivity contribution in [3.63, 3.8) is 0 Å². The third kappa shape index (κ3) is 9.40. The molecular formula is C31H52N4O8. The summed E-state index contributed by atoms with van der Waals surface area (Å²) >= 11 is 0. The molecule has 3 heterocycles. The lowest BCUT2D eigenvalue weighted by Gasteiger charge is -2.43. The predicted octanol–water partition coefficient (Wildman–Crippen LogP) is 2.51. The second-order valence-electron chi connectivity index (χ2n) is 12.6. The number of esters is 1. The Morgan fingerprint density at radius 3 is 2.51 bits per heavy atom. The van der Waals surface area contributed by atoms with E-state index in [1.54, 1.807) is 27.2 Å². The number of nitrogens with one attached hydrogen (secondary N) is 1. The highest BCUT2D eigenvalue weighted by atomic mass is 16.7. The summed E-state index contributed by atoms with van der Waals surface area (Å²) in [7, 11) is 5.44. The van der Waals surface area contributed by atoms with Crippen molar-refractivity contribution in [2.24, 2.45) is 22.0 Å². The Labute approximate surface area is 255 Å². The minimum atomic E-state index is -1.71. The molecular weight excluding hydrogens is 556 g/mol. The van der Waals surface area contributed by atoms with Gasteiger partial charge in [0.1, 0.15) is 18.3 Å². The van der Waals surface area contributed by atoms with Gasteiger partial charge in [-0.1, -0.05) is 13.8 Å². The van der Waals surface area contributed by atoms with E-state index >= 15 is 0 Å². The summed E-state index contributed by atoms with van der Waals surface area (Å²) in [6.45, 7) is 8.38. The summed E-state index contributed by atoms with van der Waals surface area (Å²) < 4.78 is 23.9. The van der Waals surface area contributed by atoms with Crippen LogP contribution in [0.25, 0.3) is 0 Å². The Morgan fingerprint density at radius 2 is 1.88 bits per heavy atom. The van der Waals surface area contributed by atoms with Crippen LogP contribution in [0.15, 0.2) is 28.5 Å². The van der Waals surface area contributed by atoms with E-state index in [1.165, 1.54) is 6.92 Å². The van der Waals surface area contributed by atoms with Crippen LogP contribution in [0.4, 0.5) is 0 Å². The quantitative estimate of drug-likeness (QED) is 0.216. The summed E-state index contributed by atoms with van der Waals surface area (Å²) in [5.41, 5.74) is 0.307. The highest BCUT2D eigenvalue weighted by molar-refractivity contribution is 5.97. The molecule has 0 spiro atoms. The number of nitrogens with zero attached hydrogens (tertiary/aromatic N) is 3. The van der Waals surface area contributed by atoms with Gasteiger partial charge in [0.15, 0.2) is 6.29 Å². The largest absolute Gasteiger partial charge is 0.462 e. The third-order valence-corrected chi connectivity index (χ3v) is 8.73. The fourth-order valence-electron chi connectivity index (χ4n) is 5.73. The first-order valence-electron chi connectivity index (χ1n) is 15.2. The molecule has 244 valence electrons. The zero-order valence-corrected chi connectivity index (χ0v) is 26.9. The van der Waals surface area contributed by atoms with Crippen LogP contribution in [0.1, 0.15) is 72.4 Å². The Hall–Kier alpha value is -2.19. The molecule has 0 amide bonds. The summed E-state index contributed by atoms with van der Waals surface area (Å²) in [4.78, 5) is 17.9. The fourth-order valence-corrected chi connectivity index (χ4v) is 5.73. The molecule has 12 heteroatoms. The molecule has 2 aliphatic rings. The summed E-state index contributed by atoms with van der Waals surface area (Å²) in [5, 5.41) is 42.4. The lowest BCUT2D eigenvalue weighted by atomic mass is 9.84. The fraction of sp³-hybridized carbons (Fsp3) is 0.774. The average molecular weight is 609 g/mol. The van der Waals surface area contributed by atoms with E-state index in [0.29, 0.717) is 43.5 Å². The number of aliphatic hydroxyl groups is 3. The molecule has 9 unspecified atom stereocenters. The number of carbonyl (C=O) groups excluding carboxylic acids is 1. The second kappa shape index (κ2) is 15.7. The van der Waals surface area contributed by atoms with E-state index in [4.69, 9.17) is 18.9 Å². The van der Waals surface area contributed by atoms with Crippen molar-refractivity contribution in [3.8, 4) is 0 Å². The van der Waals surface area contributed by atoms with E-state index < -0.39 is 54.1 Å². The van der Waals surface area contributed by atoms with Crippen molar-refractivity contribution in [1.29, 1.82) is 0 Å². The molecule has 1 aromatic rings. The highest BCUT2D eigenvalue weighted by Gasteiger charge is 2.42. The number of hydrogen-bond acceptors (Lipinski definition) is 11.